The molecule has 0 unspecified atom stereocenters. The average molecular weight is 443 g/mol. The molecule has 0 aliphatic heterocycles. The van der Waals surface area contributed by atoms with Crippen LogP contribution in [0.2, 0.25) is 0 Å². The second-order valence-corrected chi connectivity index (χ2v) is 7.90. The Morgan fingerprint density at radius 3 is 2.71 bits per heavy atom. The van der Waals surface area contributed by atoms with Crippen LogP contribution >= 0.6 is 11.3 Å². The molecule has 2 N–H and O–H groups in total. The monoisotopic (exact) mass is 442 g/mol. The van der Waals surface area contributed by atoms with Gasteiger partial charge in [0.25, 0.3) is 5.91 Å². The van der Waals surface area contributed by atoms with Crippen LogP contribution in [-0.4, -0.2) is 37.3 Å². The fraction of sp³-hybridized carbons (Fsp3) is 0.364. The van der Waals surface area contributed by atoms with Gasteiger partial charge in [-0.3, -0.25) is 9.59 Å². The number of hydrogen-bond acceptors (Lipinski definition) is 7. The second-order valence-electron chi connectivity index (χ2n) is 6.87. The highest BCUT2D eigenvalue weighted by Gasteiger charge is 2.24. The molecule has 2 aromatic rings. The zero-order valence-corrected chi connectivity index (χ0v) is 18.6. The number of carbonyl (C=O) groups is 2. The maximum atomic E-state index is 12.5. The summed E-state index contributed by atoms with van der Waals surface area (Å²) in [6.45, 7) is 5.90. The Bertz CT molecular complexity index is 935. The van der Waals surface area contributed by atoms with Gasteiger partial charge in [0.05, 0.1) is 19.2 Å². The molecule has 0 aliphatic carbocycles. The average Bonchev–Trinajstić information content (AvgIpc) is 3.24. The van der Waals surface area contributed by atoms with Crippen molar-refractivity contribution in [3.8, 4) is 17.6 Å². The molecular formula is C22H26N4O4S. The first kappa shape index (κ1) is 23.9. The lowest BCUT2D eigenvalue weighted by Gasteiger charge is -2.20. The van der Waals surface area contributed by atoms with E-state index >= 15 is 0 Å². The molecule has 1 atom stereocenters. The first-order chi connectivity index (χ1) is 14.9. The van der Waals surface area contributed by atoms with Crippen molar-refractivity contribution < 1.29 is 19.1 Å². The quantitative estimate of drug-likeness (QED) is 0.410. The Kier molecular flexibility index (Phi) is 9.52. The predicted octanol–water partition coefficient (Wildman–Crippen LogP) is 2.88. The molecule has 1 aromatic heterocycles. The van der Waals surface area contributed by atoms with Crippen molar-refractivity contribution in [3.63, 3.8) is 0 Å². The number of hydrogen-bond donors (Lipinski definition) is 2. The van der Waals surface area contributed by atoms with Gasteiger partial charge in [-0.1, -0.05) is 19.9 Å². The van der Waals surface area contributed by atoms with Crippen molar-refractivity contribution in [3.05, 3.63) is 46.2 Å². The lowest BCUT2D eigenvalue weighted by Crippen LogP contribution is -2.49. The lowest BCUT2D eigenvalue weighted by atomic mass is 10.0. The summed E-state index contributed by atoms with van der Waals surface area (Å²) >= 11 is 1.50. The summed E-state index contributed by atoms with van der Waals surface area (Å²) in [6, 6.07) is 10.1. The van der Waals surface area contributed by atoms with Gasteiger partial charge in [-0.2, -0.15) is 10.4 Å². The zero-order valence-electron chi connectivity index (χ0n) is 17.8. The minimum absolute atomic E-state index is 0.0850. The smallest absolute Gasteiger partial charge is 0.262 e. The Balaban J connectivity index is 1.98. The molecule has 2 amide bonds. The number of nitriles is 1. The maximum Gasteiger partial charge on any atom is 0.262 e. The third-order valence-corrected chi connectivity index (χ3v) is 5.01. The van der Waals surface area contributed by atoms with E-state index in [1.165, 1.54) is 17.6 Å². The van der Waals surface area contributed by atoms with E-state index < -0.39 is 11.9 Å². The minimum atomic E-state index is -0.703. The van der Waals surface area contributed by atoms with Gasteiger partial charge in [0.2, 0.25) is 5.91 Å². The highest BCUT2D eigenvalue weighted by molar-refractivity contribution is 7.10. The minimum Gasteiger partial charge on any atom is -0.490 e. The topological polar surface area (TPSA) is 113 Å². The lowest BCUT2D eigenvalue weighted by molar-refractivity contribution is -0.129. The highest BCUT2D eigenvalue weighted by atomic mass is 32.1. The van der Waals surface area contributed by atoms with E-state index in [9.17, 15) is 9.59 Å². The van der Waals surface area contributed by atoms with Gasteiger partial charge in [-0.25, -0.2) is 5.43 Å². The van der Waals surface area contributed by atoms with E-state index in [2.05, 4.69) is 15.8 Å². The summed E-state index contributed by atoms with van der Waals surface area (Å²) in [5, 5.41) is 17.3. The maximum absolute atomic E-state index is 12.5. The molecule has 8 nitrogen and oxygen atoms in total. The number of thiophene rings is 1. The van der Waals surface area contributed by atoms with Crippen molar-refractivity contribution >= 4 is 29.4 Å². The van der Waals surface area contributed by atoms with Gasteiger partial charge >= 0.3 is 0 Å². The summed E-state index contributed by atoms with van der Waals surface area (Å²) in [5.74, 6) is 0.217. The summed E-state index contributed by atoms with van der Waals surface area (Å²) in [4.78, 5) is 25.7. The van der Waals surface area contributed by atoms with Gasteiger partial charge in [0, 0.05) is 4.88 Å². The number of amides is 2. The summed E-state index contributed by atoms with van der Waals surface area (Å²) < 4.78 is 10.9. The molecule has 0 bridgehead atoms. The Morgan fingerprint density at radius 2 is 2.06 bits per heavy atom. The Morgan fingerprint density at radius 1 is 1.26 bits per heavy atom. The van der Waals surface area contributed by atoms with Crippen molar-refractivity contribution in [1.82, 2.24) is 10.7 Å². The van der Waals surface area contributed by atoms with E-state index in [-0.39, 0.29) is 24.9 Å². The standard InChI is InChI=1S/C22H26N4O4S/c1-4-29-19-12-16(7-8-18(19)30-10-9-23)14-24-26-22(28)21(15(2)3)25-20(27)13-17-6-5-11-31-17/h5-8,11-12,14-15,21H,4,10,13H2,1-3H3,(H,25,27)(H,26,28)/t21-/m0/s1. The molecule has 0 saturated heterocycles. The van der Waals surface area contributed by atoms with Gasteiger partial charge in [-0.05, 0) is 48.1 Å². The van der Waals surface area contributed by atoms with Crippen molar-refractivity contribution in [2.45, 2.75) is 33.2 Å². The number of rotatable bonds is 11. The molecule has 31 heavy (non-hydrogen) atoms. The zero-order chi connectivity index (χ0) is 22.6. The number of ether oxygens (including phenoxy) is 2. The summed E-state index contributed by atoms with van der Waals surface area (Å²) in [7, 11) is 0. The third-order valence-electron chi connectivity index (χ3n) is 4.13. The van der Waals surface area contributed by atoms with E-state index in [0.717, 1.165) is 4.88 Å². The Labute approximate surface area is 185 Å². The van der Waals surface area contributed by atoms with E-state index in [0.29, 0.717) is 23.7 Å². The van der Waals surface area contributed by atoms with Gasteiger partial charge in [-0.15, -0.1) is 11.3 Å². The molecule has 0 spiro atoms. The van der Waals surface area contributed by atoms with Crippen molar-refractivity contribution in [1.29, 1.82) is 5.26 Å². The van der Waals surface area contributed by atoms with Crippen LogP contribution in [0.25, 0.3) is 0 Å². The molecular weight excluding hydrogens is 416 g/mol. The number of hydrazone groups is 1. The van der Waals surface area contributed by atoms with Crippen LogP contribution in [0.15, 0.2) is 40.8 Å². The number of nitrogens with one attached hydrogen (secondary N) is 2. The molecule has 0 aliphatic rings. The third kappa shape index (κ3) is 7.75. The largest absolute Gasteiger partial charge is 0.490 e. The van der Waals surface area contributed by atoms with Gasteiger partial charge < -0.3 is 14.8 Å². The molecule has 164 valence electrons. The summed E-state index contributed by atoms with van der Waals surface area (Å²) in [6.07, 6.45) is 1.71. The first-order valence-electron chi connectivity index (χ1n) is 9.85. The van der Waals surface area contributed by atoms with E-state index in [1.807, 2.05) is 44.4 Å². The highest BCUT2D eigenvalue weighted by Crippen LogP contribution is 2.28. The molecule has 0 radical (unpaired) electrons. The number of carbonyl (C=O) groups excluding carboxylic acids is 2. The normalized spacial score (nSPS) is 11.7. The van der Waals surface area contributed by atoms with E-state index in [4.69, 9.17) is 14.7 Å². The van der Waals surface area contributed by atoms with Crippen molar-refractivity contribution in [2.24, 2.45) is 11.0 Å². The van der Waals surface area contributed by atoms with Crippen LogP contribution in [0.5, 0.6) is 11.5 Å². The predicted molar refractivity (Wildman–Crippen MR) is 119 cm³/mol. The molecule has 1 heterocycles. The van der Waals surface area contributed by atoms with E-state index in [1.54, 1.807) is 18.2 Å². The molecule has 1 aromatic carbocycles. The second kappa shape index (κ2) is 12.3. The fourth-order valence-electron chi connectivity index (χ4n) is 2.67. The Hall–Kier alpha value is -3.38. The van der Waals surface area contributed by atoms with Crippen LogP contribution in [0.1, 0.15) is 31.2 Å². The van der Waals surface area contributed by atoms with Crippen LogP contribution in [-0.2, 0) is 16.0 Å². The molecule has 0 fully saturated rings. The number of nitrogens with zero attached hydrogens (tertiary/aromatic N) is 2. The van der Waals surface area contributed by atoms with Crippen LogP contribution in [0.4, 0.5) is 0 Å². The van der Waals surface area contributed by atoms with Gasteiger partial charge in [0.15, 0.2) is 18.1 Å². The van der Waals surface area contributed by atoms with Gasteiger partial charge in [0.1, 0.15) is 12.1 Å². The van der Waals surface area contributed by atoms with Crippen LogP contribution < -0.4 is 20.2 Å². The van der Waals surface area contributed by atoms with Crippen LogP contribution in [0.3, 0.4) is 0 Å². The molecule has 0 saturated carbocycles. The molecule has 9 heteroatoms. The summed E-state index contributed by atoms with van der Waals surface area (Å²) in [5.41, 5.74) is 3.16. The number of benzene rings is 1. The van der Waals surface area contributed by atoms with Crippen molar-refractivity contribution in [2.75, 3.05) is 13.2 Å². The van der Waals surface area contributed by atoms with Crippen LogP contribution in [0, 0.1) is 17.2 Å². The molecule has 2 rings (SSSR count). The fourth-order valence-corrected chi connectivity index (χ4v) is 3.38. The SMILES string of the molecule is CCOc1cc(C=NNC(=O)[C@@H](NC(=O)Cc2cccs2)C(C)C)ccc1OCC#N. The first-order valence-corrected chi connectivity index (χ1v) is 10.7.